The van der Waals surface area contributed by atoms with Crippen molar-refractivity contribution in [1.82, 2.24) is 14.5 Å². The molecule has 0 saturated heterocycles. The molecular formula is C20H16F2N4OS2. The zero-order valence-electron chi connectivity index (χ0n) is 15.3. The van der Waals surface area contributed by atoms with E-state index in [9.17, 15) is 13.6 Å². The first-order valence-electron chi connectivity index (χ1n) is 8.71. The standard InChI is InChI=1S/C20H16F2N4OS2/c1-12-17(18-23-8-9-26(18)19(21)22)29-20(24-12)25-16(27)11-28-15-7-6-13-4-2-3-5-14(13)10-15/h2-10,19H,11H2,1H3,(H,24,25,27). The van der Waals surface area contributed by atoms with Gasteiger partial charge in [-0.3, -0.25) is 9.36 Å². The third-order valence-corrected chi connectivity index (χ3v) is 6.28. The second-order valence-electron chi connectivity index (χ2n) is 6.22. The quantitative estimate of drug-likeness (QED) is 0.405. The number of aromatic nitrogens is 3. The maximum atomic E-state index is 13.1. The number of alkyl halides is 2. The average Bonchev–Trinajstić information content (AvgIpc) is 3.32. The number of carbonyl (C=O) groups excluding carboxylic acids is 1. The Bertz CT molecular complexity index is 1170. The van der Waals surface area contributed by atoms with Crippen LogP contribution in [-0.2, 0) is 4.79 Å². The van der Waals surface area contributed by atoms with Gasteiger partial charge in [-0.1, -0.05) is 41.7 Å². The van der Waals surface area contributed by atoms with E-state index in [-0.39, 0.29) is 17.5 Å². The average molecular weight is 431 g/mol. The Morgan fingerprint density at radius 1 is 1.24 bits per heavy atom. The maximum Gasteiger partial charge on any atom is 0.320 e. The van der Waals surface area contributed by atoms with Gasteiger partial charge in [0.1, 0.15) is 0 Å². The van der Waals surface area contributed by atoms with E-state index in [4.69, 9.17) is 0 Å². The number of thioether (sulfide) groups is 1. The van der Waals surface area contributed by atoms with Crippen molar-refractivity contribution in [1.29, 1.82) is 0 Å². The van der Waals surface area contributed by atoms with E-state index in [0.29, 0.717) is 15.7 Å². The number of nitrogens with zero attached hydrogens (tertiary/aromatic N) is 3. The van der Waals surface area contributed by atoms with Crippen molar-refractivity contribution in [2.24, 2.45) is 0 Å². The fourth-order valence-corrected chi connectivity index (χ4v) is 4.59. The second-order valence-corrected chi connectivity index (χ2v) is 8.26. The number of nitrogens with one attached hydrogen (secondary N) is 1. The third-order valence-electron chi connectivity index (χ3n) is 4.22. The van der Waals surface area contributed by atoms with Crippen LogP contribution in [0.2, 0.25) is 0 Å². The van der Waals surface area contributed by atoms with Crippen LogP contribution in [0.3, 0.4) is 0 Å². The Morgan fingerprint density at radius 2 is 2.03 bits per heavy atom. The van der Waals surface area contributed by atoms with Crippen molar-refractivity contribution < 1.29 is 13.6 Å². The number of thiazole rings is 1. The number of fused-ring (bicyclic) bond motifs is 1. The molecule has 2 heterocycles. The summed E-state index contributed by atoms with van der Waals surface area (Å²) in [6.07, 6.45) is 2.54. The third kappa shape index (κ3) is 4.30. The lowest BCUT2D eigenvalue weighted by molar-refractivity contribution is -0.113. The van der Waals surface area contributed by atoms with E-state index >= 15 is 0 Å². The highest BCUT2D eigenvalue weighted by atomic mass is 32.2. The molecule has 2 aromatic heterocycles. The fraction of sp³-hybridized carbons (Fsp3) is 0.150. The summed E-state index contributed by atoms with van der Waals surface area (Å²) in [6, 6.07) is 14.1. The van der Waals surface area contributed by atoms with Gasteiger partial charge in [0.25, 0.3) is 0 Å². The zero-order valence-corrected chi connectivity index (χ0v) is 16.9. The highest BCUT2D eigenvalue weighted by Crippen LogP contribution is 2.33. The molecular weight excluding hydrogens is 414 g/mol. The molecule has 0 fully saturated rings. The summed E-state index contributed by atoms with van der Waals surface area (Å²) in [4.78, 5) is 22.1. The van der Waals surface area contributed by atoms with E-state index < -0.39 is 6.55 Å². The van der Waals surface area contributed by atoms with Crippen molar-refractivity contribution in [2.45, 2.75) is 18.4 Å². The van der Waals surface area contributed by atoms with E-state index in [1.165, 1.54) is 24.2 Å². The van der Waals surface area contributed by atoms with Crippen LogP contribution in [0.15, 0.2) is 59.8 Å². The highest BCUT2D eigenvalue weighted by molar-refractivity contribution is 8.00. The van der Waals surface area contributed by atoms with E-state index in [1.807, 2.05) is 42.5 Å². The largest absolute Gasteiger partial charge is 0.320 e. The van der Waals surface area contributed by atoms with Gasteiger partial charge in [-0.25, -0.2) is 9.97 Å². The first-order valence-corrected chi connectivity index (χ1v) is 10.5. The monoisotopic (exact) mass is 430 g/mol. The van der Waals surface area contributed by atoms with Crippen molar-refractivity contribution in [3.63, 3.8) is 0 Å². The number of carbonyl (C=O) groups is 1. The van der Waals surface area contributed by atoms with Gasteiger partial charge in [-0.15, -0.1) is 11.8 Å². The molecule has 29 heavy (non-hydrogen) atoms. The van der Waals surface area contributed by atoms with Crippen molar-refractivity contribution in [3.8, 4) is 10.7 Å². The number of hydrogen-bond acceptors (Lipinski definition) is 5. The molecule has 0 unspecified atom stereocenters. The minimum atomic E-state index is -2.69. The van der Waals surface area contributed by atoms with Crippen LogP contribution in [0.1, 0.15) is 12.2 Å². The molecule has 0 aliphatic heterocycles. The molecule has 1 amide bonds. The van der Waals surface area contributed by atoms with Crippen LogP contribution in [0.5, 0.6) is 0 Å². The lowest BCUT2D eigenvalue weighted by Gasteiger charge is -2.04. The molecule has 0 radical (unpaired) electrons. The normalized spacial score (nSPS) is 11.3. The van der Waals surface area contributed by atoms with Crippen LogP contribution in [0.4, 0.5) is 13.9 Å². The van der Waals surface area contributed by atoms with Crippen LogP contribution in [0, 0.1) is 6.92 Å². The first kappa shape index (κ1) is 19.5. The van der Waals surface area contributed by atoms with Crippen molar-refractivity contribution >= 4 is 44.9 Å². The minimum Gasteiger partial charge on any atom is -0.301 e. The van der Waals surface area contributed by atoms with Gasteiger partial charge < -0.3 is 5.32 Å². The maximum absolute atomic E-state index is 13.1. The summed E-state index contributed by atoms with van der Waals surface area (Å²) < 4.78 is 27.0. The summed E-state index contributed by atoms with van der Waals surface area (Å²) in [5.41, 5.74) is 0.542. The second kappa shape index (κ2) is 8.30. The number of aryl methyl sites for hydroxylation is 1. The lowest BCUT2D eigenvalue weighted by Crippen LogP contribution is -2.13. The van der Waals surface area contributed by atoms with Crippen LogP contribution >= 0.6 is 23.1 Å². The summed E-state index contributed by atoms with van der Waals surface area (Å²) in [6.45, 7) is -0.985. The first-order chi connectivity index (χ1) is 14.0. The van der Waals surface area contributed by atoms with Crippen molar-refractivity contribution in [2.75, 3.05) is 11.1 Å². The van der Waals surface area contributed by atoms with Gasteiger partial charge in [-0.2, -0.15) is 8.78 Å². The predicted molar refractivity (Wildman–Crippen MR) is 113 cm³/mol. The summed E-state index contributed by atoms with van der Waals surface area (Å²) >= 11 is 2.56. The number of hydrogen-bond donors (Lipinski definition) is 1. The fourth-order valence-electron chi connectivity index (χ4n) is 2.87. The molecule has 0 aliphatic carbocycles. The van der Waals surface area contributed by atoms with E-state index in [2.05, 4.69) is 15.3 Å². The summed E-state index contributed by atoms with van der Waals surface area (Å²) in [5, 5.41) is 5.38. The molecule has 4 rings (SSSR count). The van der Waals surface area contributed by atoms with Gasteiger partial charge in [0.05, 0.1) is 16.3 Å². The zero-order chi connectivity index (χ0) is 20.4. The Balaban J connectivity index is 1.42. The molecule has 0 atom stereocenters. The number of amides is 1. The number of benzene rings is 2. The number of rotatable bonds is 6. The Kier molecular flexibility index (Phi) is 5.59. The van der Waals surface area contributed by atoms with Gasteiger partial charge >= 0.3 is 6.55 Å². The van der Waals surface area contributed by atoms with Gasteiger partial charge in [0, 0.05) is 17.3 Å². The van der Waals surface area contributed by atoms with Gasteiger partial charge in [0.15, 0.2) is 11.0 Å². The highest BCUT2D eigenvalue weighted by Gasteiger charge is 2.19. The van der Waals surface area contributed by atoms with Crippen LogP contribution in [0.25, 0.3) is 21.5 Å². The lowest BCUT2D eigenvalue weighted by atomic mass is 10.1. The molecule has 9 heteroatoms. The minimum absolute atomic E-state index is 0.140. The molecule has 0 saturated carbocycles. The van der Waals surface area contributed by atoms with Gasteiger partial charge in [-0.05, 0) is 29.8 Å². The van der Waals surface area contributed by atoms with Crippen LogP contribution < -0.4 is 5.32 Å². The van der Waals surface area contributed by atoms with Crippen molar-refractivity contribution in [3.05, 3.63) is 60.6 Å². The molecule has 4 aromatic rings. The Morgan fingerprint density at radius 3 is 2.83 bits per heavy atom. The smallest absolute Gasteiger partial charge is 0.301 e. The SMILES string of the molecule is Cc1nc(NC(=O)CSc2ccc3ccccc3c2)sc1-c1nccn1C(F)F. The Labute approximate surface area is 173 Å². The Hall–Kier alpha value is -2.78. The molecule has 0 spiro atoms. The summed E-state index contributed by atoms with van der Waals surface area (Å²) in [7, 11) is 0. The molecule has 0 bridgehead atoms. The molecule has 0 aliphatic rings. The van der Waals surface area contributed by atoms with Crippen LogP contribution in [-0.4, -0.2) is 26.2 Å². The van der Waals surface area contributed by atoms with E-state index in [0.717, 1.165) is 31.6 Å². The predicted octanol–water partition coefficient (Wildman–Crippen LogP) is 5.59. The number of imidazole rings is 1. The molecule has 2 aromatic carbocycles. The molecule has 1 N–H and O–H groups in total. The summed E-state index contributed by atoms with van der Waals surface area (Å²) in [5.74, 6) is 0.152. The van der Waals surface area contributed by atoms with E-state index in [1.54, 1.807) is 6.92 Å². The topological polar surface area (TPSA) is 59.8 Å². The molecule has 148 valence electrons. The van der Waals surface area contributed by atoms with Gasteiger partial charge in [0.2, 0.25) is 5.91 Å². The number of anilines is 1. The molecule has 5 nitrogen and oxygen atoms in total. The number of halogens is 2.